The first-order valence-corrected chi connectivity index (χ1v) is 12.0. The highest BCUT2D eigenvalue weighted by Crippen LogP contribution is 2.15. The molecule has 0 radical (unpaired) electrons. The van der Waals surface area contributed by atoms with E-state index in [1.807, 2.05) is 57.2 Å². The van der Waals surface area contributed by atoms with Crippen molar-refractivity contribution in [1.82, 2.24) is 5.32 Å². The van der Waals surface area contributed by atoms with E-state index in [4.69, 9.17) is 0 Å². The number of hydrogen-bond donors (Lipinski definition) is 5. The highest BCUT2D eigenvalue weighted by atomic mass is 16.4. The van der Waals surface area contributed by atoms with Gasteiger partial charge in [0, 0.05) is 24.5 Å². The van der Waals surface area contributed by atoms with Crippen LogP contribution >= 0.6 is 0 Å². The van der Waals surface area contributed by atoms with Gasteiger partial charge in [0.1, 0.15) is 6.10 Å². The number of allylic oxidation sites excluding steroid dienone is 12. The predicted octanol–water partition coefficient (Wildman–Crippen LogP) is 3.59. The van der Waals surface area contributed by atoms with Crippen molar-refractivity contribution >= 4 is 5.91 Å². The molecule has 1 amide bonds. The minimum Gasteiger partial charge on any atom is -0.390 e. The minimum absolute atomic E-state index is 0.00712. The zero-order chi connectivity index (χ0) is 26.2. The molecule has 0 bridgehead atoms. The Morgan fingerprint density at radius 1 is 0.800 bits per heavy atom. The quantitative estimate of drug-likeness (QED) is 0.362. The second-order valence-corrected chi connectivity index (χ2v) is 8.96. The Morgan fingerprint density at radius 3 is 2.23 bits per heavy atom. The Balaban J connectivity index is 3.01. The maximum Gasteiger partial charge on any atom is 0.244 e. The van der Waals surface area contributed by atoms with Gasteiger partial charge in [0.05, 0.1) is 18.3 Å². The summed E-state index contributed by atoms with van der Waals surface area (Å²) in [7, 11) is 0. The van der Waals surface area contributed by atoms with E-state index in [-0.39, 0.29) is 18.4 Å². The van der Waals surface area contributed by atoms with Crippen molar-refractivity contribution in [2.75, 3.05) is 0 Å². The summed E-state index contributed by atoms with van der Waals surface area (Å²) >= 11 is 0. The molecular formula is C29H41NO5. The van der Waals surface area contributed by atoms with Crippen LogP contribution in [-0.4, -0.2) is 56.8 Å². The summed E-state index contributed by atoms with van der Waals surface area (Å²) in [5.74, 6) is -0.624. The molecule has 0 saturated heterocycles. The number of aliphatic hydroxyl groups excluding tert-OH is 4. The second kappa shape index (κ2) is 16.8. The van der Waals surface area contributed by atoms with Crippen LogP contribution in [0.5, 0.6) is 0 Å². The minimum atomic E-state index is -1.41. The van der Waals surface area contributed by atoms with E-state index in [1.165, 1.54) is 6.08 Å². The first kappa shape index (κ1) is 30.3. The monoisotopic (exact) mass is 483 g/mol. The van der Waals surface area contributed by atoms with Crippen molar-refractivity contribution in [3.63, 3.8) is 0 Å². The van der Waals surface area contributed by atoms with E-state index in [9.17, 15) is 25.2 Å². The van der Waals surface area contributed by atoms with E-state index in [0.717, 1.165) is 11.1 Å². The Morgan fingerprint density at radius 2 is 1.49 bits per heavy atom. The maximum absolute atomic E-state index is 12.0. The van der Waals surface area contributed by atoms with Crippen molar-refractivity contribution < 1.29 is 25.2 Å². The van der Waals surface area contributed by atoms with Crippen LogP contribution in [0.2, 0.25) is 0 Å². The summed E-state index contributed by atoms with van der Waals surface area (Å²) in [5, 5.41) is 44.0. The van der Waals surface area contributed by atoms with Crippen molar-refractivity contribution in [2.45, 2.75) is 71.0 Å². The lowest BCUT2D eigenvalue weighted by Crippen LogP contribution is -2.41. The molecule has 0 aliphatic carbocycles. The fraction of sp³-hybridized carbons (Fsp3) is 0.414. The van der Waals surface area contributed by atoms with Crippen molar-refractivity contribution in [2.24, 2.45) is 5.92 Å². The number of hydrogen-bond acceptors (Lipinski definition) is 5. The van der Waals surface area contributed by atoms with Gasteiger partial charge in [0.15, 0.2) is 0 Å². The Labute approximate surface area is 209 Å². The first-order valence-electron chi connectivity index (χ1n) is 12.0. The number of carbonyl (C=O) groups is 1. The molecule has 6 unspecified atom stereocenters. The average Bonchev–Trinajstić information content (AvgIpc) is 2.79. The number of amides is 1. The molecule has 192 valence electrons. The van der Waals surface area contributed by atoms with Crippen LogP contribution in [0.1, 0.15) is 40.5 Å². The summed E-state index contributed by atoms with van der Waals surface area (Å²) in [6.07, 6.45) is 20.5. The third-order valence-corrected chi connectivity index (χ3v) is 5.39. The first-order chi connectivity index (χ1) is 16.6. The molecule has 0 saturated carbocycles. The van der Waals surface area contributed by atoms with Gasteiger partial charge in [0.25, 0.3) is 0 Å². The summed E-state index contributed by atoms with van der Waals surface area (Å²) in [6, 6.07) is -0.00712. The van der Waals surface area contributed by atoms with E-state index in [0.29, 0.717) is 6.42 Å². The summed E-state index contributed by atoms with van der Waals surface area (Å²) in [6.45, 7) is 7.58. The molecule has 1 aliphatic heterocycles. The molecule has 1 heterocycles. The molecule has 1 rings (SSSR count). The lowest BCUT2D eigenvalue weighted by Gasteiger charge is -2.26. The average molecular weight is 484 g/mol. The number of rotatable bonds is 0. The maximum atomic E-state index is 12.0. The van der Waals surface area contributed by atoms with Crippen molar-refractivity contribution in [1.29, 1.82) is 0 Å². The van der Waals surface area contributed by atoms with Gasteiger partial charge in [0.2, 0.25) is 5.91 Å². The van der Waals surface area contributed by atoms with E-state index < -0.39 is 30.3 Å². The highest BCUT2D eigenvalue weighted by Gasteiger charge is 2.28. The standard InChI is InChI=1S/C29H41NO5/c1-21-13-8-7-10-16-24(4)30-27(33)18-11-6-5-9-15-23(3)28(34)29(35)26(32)20-25(31)17-12-14-22(2)19-21/h5-15,17-19,23-26,28-29,31-32,34-35H,16,20H2,1-4H3,(H,30,33)/b6-5+,10-7-,13-8+,15-9+,17-12+,18-11+,21-19?,22-14?. The van der Waals surface area contributed by atoms with Crippen LogP contribution in [-0.2, 0) is 4.79 Å². The molecule has 0 aromatic rings. The zero-order valence-electron chi connectivity index (χ0n) is 21.2. The van der Waals surface area contributed by atoms with Crippen molar-refractivity contribution in [3.05, 3.63) is 96.2 Å². The zero-order valence-corrected chi connectivity index (χ0v) is 21.2. The highest BCUT2D eigenvalue weighted by molar-refractivity contribution is 5.87. The molecular weight excluding hydrogens is 442 g/mol. The van der Waals surface area contributed by atoms with Crippen LogP contribution in [0.15, 0.2) is 96.2 Å². The predicted molar refractivity (Wildman–Crippen MR) is 142 cm³/mol. The Kier molecular flexibility index (Phi) is 14.5. The largest absolute Gasteiger partial charge is 0.390 e. The van der Waals surface area contributed by atoms with Gasteiger partial charge in [-0.3, -0.25) is 4.79 Å². The third-order valence-electron chi connectivity index (χ3n) is 5.39. The van der Waals surface area contributed by atoms with Gasteiger partial charge in [-0.2, -0.15) is 0 Å². The summed E-state index contributed by atoms with van der Waals surface area (Å²) < 4.78 is 0. The summed E-state index contributed by atoms with van der Waals surface area (Å²) in [5.41, 5.74) is 2.03. The van der Waals surface area contributed by atoms with Gasteiger partial charge in [-0.1, -0.05) is 97.1 Å². The van der Waals surface area contributed by atoms with Gasteiger partial charge in [-0.25, -0.2) is 0 Å². The van der Waals surface area contributed by atoms with Crippen LogP contribution in [0.3, 0.4) is 0 Å². The van der Waals surface area contributed by atoms with E-state index in [2.05, 4.69) is 5.32 Å². The lowest BCUT2D eigenvalue weighted by atomic mass is 9.93. The summed E-state index contributed by atoms with van der Waals surface area (Å²) in [4.78, 5) is 12.0. The number of nitrogens with one attached hydrogen (secondary N) is 1. The molecule has 6 atom stereocenters. The fourth-order valence-corrected chi connectivity index (χ4v) is 3.34. The van der Waals surface area contributed by atoms with Gasteiger partial charge in [-0.15, -0.1) is 0 Å². The topological polar surface area (TPSA) is 110 Å². The third kappa shape index (κ3) is 13.6. The molecule has 0 spiro atoms. The fourth-order valence-electron chi connectivity index (χ4n) is 3.34. The van der Waals surface area contributed by atoms with Crippen LogP contribution in [0, 0.1) is 5.92 Å². The molecule has 6 heteroatoms. The Hall–Kier alpha value is -2.77. The molecule has 0 aromatic carbocycles. The van der Waals surface area contributed by atoms with Crippen LogP contribution in [0.25, 0.3) is 0 Å². The normalized spacial score (nSPS) is 36.1. The SMILES string of the molecule is CC1=C/C=C/C(O)CC(O)C(O)C(O)C(C)/C=C/C=C/C=C/C(=O)NC(C)C/C=C\C=C\C(C)=C1. The number of carbonyl (C=O) groups excluding carboxylic acids is 1. The van der Waals surface area contributed by atoms with E-state index >= 15 is 0 Å². The van der Waals surface area contributed by atoms with Gasteiger partial charge in [-0.05, 0) is 27.2 Å². The molecule has 5 N–H and O–H groups in total. The molecule has 0 aromatic heterocycles. The molecule has 35 heavy (non-hydrogen) atoms. The van der Waals surface area contributed by atoms with Gasteiger partial charge < -0.3 is 25.7 Å². The molecule has 6 nitrogen and oxygen atoms in total. The Bertz CT molecular complexity index is 891. The van der Waals surface area contributed by atoms with Crippen LogP contribution in [0.4, 0.5) is 0 Å². The van der Waals surface area contributed by atoms with Gasteiger partial charge >= 0.3 is 0 Å². The van der Waals surface area contributed by atoms with E-state index in [1.54, 1.807) is 49.5 Å². The number of aliphatic hydroxyl groups is 4. The smallest absolute Gasteiger partial charge is 0.244 e. The lowest BCUT2D eigenvalue weighted by molar-refractivity contribution is -0.117. The second-order valence-electron chi connectivity index (χ2n) is 8.96. The van der Waals surface area contributed by atoms with Crippen LogP contribution < -0.4 is 5.32 Å². The molecule has 1 aliphatic rings. The van der Waals surface area contributed by atoms with Crippen molar-refractivity contribution in [3.8, 4) is 0 Å². The molecule has 0 fully saturated rings.